The highest BCUT2D eigenvalue weighted by Crippen LogP contribution is 2.29. The number of thiocarbonyl (C=S) groups is 1. The van der Waals surface area contributed by atoms with Gasteiger partial charge in [-0.3, -0.25) is 10.1 Å². The molecule has 1 aromatic heterocycles. The van der Waals surface area contributed by atoms with Crippen molar-refractivity contribution in [1.29, 1.82) is 0 Å². The summed E-state index contributed by atoms with van der Waals surface area (Å²) in [4.78, 5) is 14.4. The Morgan fingerprint density at radius 2 is 1.84 bits per heavy atom. The molecule has 0 spiro atoms. The van der Waals surface area contributed by atoms with Gasteiger partial charge >= 0.3 is 0 Å². The van der Waals surface area contributed by atoms with E-state index in [-0.39, 0.29) is 11.0 Å². The maximum Gasteiger partial charge on any atom is 0.250 e. The molecule has 0 atom stereocenters. The molecule has 0 aliphatic carbocycles. The molecule has 6 nitrogen and oxygen atoms in total. The zero-order valence-corrected chi connectivity index (χ0v) is 18.8. The first kappa shape index (κ1) is 22.1. The van der Waals surface area contributed by atoms with E-state index in [1.165, 1.54) is 6.08 Å². The van der Waals surface area contributed by atoms with E-state index in [0.29, 0.717) is 29.7 Å². The Bertz CT molecular complexity index is 1120. The quantitative estimate of drug-likeness (QED) is 0.408. The van der Waals surface area contributed by atoms with Crippen molar-refractivity contribution in [3.05, 3.63) is 77.5 Å². The zero-order valence-electron chi connectivity index (χ0n) is 17.2. The minimum atomic E-state index is -0.365. The highest BCUT2D eigenvalue weighted by molar-refractivity contribution is 7.80. The Hall–Kier alpha value is -3.13. The molecule has 1 fully saturated rings. The van der Waals surface area contributed by atoms with Gasteiger partial charge in [0.2, 0.25) is 5.91 Å². The van der Waals surface area contributed by atoms with E-state index in [1.54, 1.807) is 18.2 Å². The predicted octanol–water partition coefficient (Wildman–Crippen LogP) is 4.96. The molecule has 3 aromatic rings. The van der Waals surface area contributed by atoms with Crippen LogP contribution in [0.3, 0.4) is 0 Å². The lowest BCUT2D eigenvalue weighted by Crippen LogP contribution is -2.36. The van der Waals surface area contributed by atoms with Crippen LogP contribution >= 0.6 is 23.8 Å². The van der Waals surface area contributed by atoms with Gasteiger partial charge in [-0.2, -0.15) is 0 Å². The van der Waals surface area contributed by atoms with Crippen LogP contribution in [0.25, 0.3) is 17.4 Å². The van der Waals surface area contributed by atoms with Crippen molar-refractivity contribution in [2.75, 3.05) is 36.5 Å². The molecule has 1 saturated heterocycles. The number of morpholine rings is 1. The van der Waals surface area contributed by atoms with Crippen LogP contribution in [-0.4, -0.2) is 37.3 Å². The number of halogens is 1. The molecule has 4 rings (SSSR count). The summed E-state index contributed by atoms with van der Waals surface area (Å²) in [5.74, 6) is 0.944. The fourth-order valence-corrected chi connectivity index (χ4v) is 3.84. The molecule has 1 aliphatic heterocycles. The van der Waals surface area contributed by atoms with Gasteiger partial charge in [0.25, 0.3) is 0 Å². The highest BCUT2D eigenvalue weighted by atomic mass is 35.5. The van der Waals surface area contributed by atoms with Gasteiger partial charge in [-0.25, -0.2) is 0 Å². The smallest absolute Gasteiger partial charge is 0.250 e. The van der Waals surface area contributed by atoms with Crippen LogP contribution in [-0.2, 0) is 9.53 Å². The van der Waals surface area contributed by atoms with E-state index in [0.717, 1.165) is 30.1 Å². The summed E-state index contributed by atoms with van der Waals surface area (Å²) in [6.07, 6.45) is 2.97. The minimum absolute atomic E-state index is 0.180. The van der Waals surface area contributed by atoms with Crippen molar-refractivity contribution in [1.82, 2.24) is 5.32 Å². The van der Waals surface area contributed by atoms with Crippen LogP contribution in [0.2, 0.25) is 5.02 Å². The molecule has 2 heterocycles. The standard InChI is InChI=1S/C24H22ClN3O3S/c25-20-16-18(6-9-21(20)28-12-14-30-15-13-28)26-24(32)27-23(29)11-8-19-7-10-22(31-19)17-4-2-1-3-5-17/h1-11,16H,12-15H2,(H2,26,27,29,32)/b11-8+. The van der Waals surface area contributed by atoms with Crippen LogP contribution in [0.1, 0.15) is 5.76 Å². The first-order chi connectivity index (χ1) is 15.6. The summed E-state index contributed by atoms with van der Waals surface area (Å²) in [5, 5.41) is 6.39. The fraction of sp³-hybridized carbons (Fsp3) is 0.167. The molecule has 1 aliphatic rings. The van der Waals surface area contributed by atoms with Gasteiger partial charge in [0, 0.05) is 30.4 Å². The third-order valence-corrected chi connectivity index (χ3v) is 5.38. The number of benzene rings is 2. The normalized spacial score (nSPS) is 13.8. The number of nitrogens with zero attached hydrogens (tertiary/aromatic N) is 1. The number of amides is 1. The van der Waals surface area contributed by atoms with Gasteiger partial charge in [-0.15, -0.1) is 0 Å². The van der Waals surface area contributed by atoms with Gasteiger partial charge in [0.1, 0.15) is 11.5 Å². The molecule has 2 N–H and O–H groups in total. The summed E-state index contributed by atoms with van der Waals surface area (Å²) >= 11 is 11.7. The van der Waals surface area contributed by atoms with E-state index in [9.17, 15) is 4.79 Å². The van der Waals surface area contributed by atoms with Crippen molar-refractivity contribution in [3.63, 3.8) is 0 Å². The summed E-state index contributed by atoms with van der Waals surface area (Å²) in [5.41, 5.74) is 2.62. The SMILES string of the molecule is O=C(/C=C/c1ccc(-c2ccccc2)o1)NC(=S)Nc1ccc(N2CCOCC2)c(Cl)c1. The molecule has 2 aromatic carbocycles. The Labute approximate surface area is 196 Å². The molecule has 164 valence electrons. The van der Waals surface area contributed by atoms with E-state index in [1.807, 2.05) is 48.5 Å². The van der Waals surface area contributed by atoms with Gasteiger partial charge < -0.3 is 19.4 Å². The van der Waals surface area contributed by atoms with Crippen molar-refractivity contribution < 1.29 is 13.9 Å². The Morgan fingerprint density at radius 3 is 2.59 bits per heavy atom. The van der Waals surface area contributed by atoms with Gasteiger partial charge in [-0.1, -0.05) is 41.9 Å². The third-order valence-electron chi connectivity index (χ3n) is 4.88. The molecule has 8 heteroatoms. The Kier molecular flexibility index (Phi) is 7.21. The summed E-state index contributed by atoms with van der Waals surface area (Å²) in [7, 11) is 0. The highest BCUT2D eigenvalue weighted by Gasteiger charge is 2.14. The van der Waals surface area contributed by atoms with Crippen molar-refractivity contribution in [3.8, 4) is 11.3 Å². The van der Waals surface area contributed by atoms with E-state index < -0.39 is 0 Å². The van der Waals surface area contributed by atoms with Crippen LogP contribution in [0.15, 0.2) is 71.2 Å². The van der Waals surface area contributed by atoms with E-state index in [2.05, 4.69) is 15.5 Å². The number of carbonyl (C=O) groups is 1. The molecule has 0 bridgehead atoms. The lowest BCUT2D eigenvalue weighted by atomic mass is 10.2. The first-order valence-electron chi connectivity index (χ1n) is 10.2. The number of hydrogen-bond acceptors (Lipinski definition) is 5. The van der Waals surface area contributed by atoms with Crippen molar-refractivity contribution in [2.45, 2.75) is 0 Å². The predicted molar refractivity (Wildman–Crippen MR) is 132 cm³/mol. The average molecular weight is 468 g/mol. The van der Waals surface area contributed by atoms with Crippen LogP contribution in [0.4, 0.5) is 11.4 Å². The number of ether oxygens (including phenoxy) is 1. The third kappa shape index (κ3) is 5.76. The van der Waals surface area contributed by atoms with E-state index in [4.69, 9.17) is 33.0 Å². The first-order valence-corrected chi connectivity index (χ1v) is 10.9. The molecule has 1 amide bonds. The molecule has 0 radical (unpaired) electrons. The van der Waals surface area contributed by atoms with Crippen molar-refractivity contribution >= 4 is 52.3 Å². The number of anilines is 2. The Morgan fingerprint density at radius 1 is 1.06 bits per heavy atom. The number of carbonyl (C=O) groups excluding carboxylic acids is 1. The molecular weight excluding hydrogens is 446 g/mol. The zero-order chi connectivity index (χ0) is 22.3. The monoisotopic (exact) mass is 467 g/mol. The largest absolute Gasteiger partial charge is 0.457 e. The van der Waals surface area contributed by atoms with Crippen molar-refractivity contribution in [2.24, 2.45) is 0 Å². The summed E-state index contributed by atoms with van der Waals surface area (Å²) in [6, 6.07) is 19.0. The molecule has 32 heavy (non-hydrogen) atoms. The average Bonchev–Trinajstić information content (AvgIpc) is 3.28. The minimum Gasteiger partial charge on any atom is -0.457 e. The molecule has 0 saturated carbocycles. The van der Waals surface area contributed by atoms with Crippen LogP contribution in [0, 0.1) is 0 Å². The van der Waals surface area contributed by atoms with E-state index >= 15 is 0 Å². The molecular formula is C24H22ClN3O3S. The summed E-state index contributed by atoms with van der Waals surface area (Å²) < 4.78 is 11.1. The van der Waals surface area contributed by atoms with Gasteiger partial charge in [-0.05, 0) is 48.6 Å². The van der Waals surface area contributed by atoms with Gasteiger partial charge in [0.05, 0.1) is 23.9 Å². The summed E-state index contributed by atoms with van der Waals surface area (Å²) in [6.45, 7) is 2.97. The second-order valence-corrected chi connectivity index (χ2v) is 7.93. The van der Waals surface area contributed by atoms with Crippen LogP contribution in [0.5, 0.6) is 0 Å². The maximum absolute atomic E-state index is 12.2. The number of rotatable bonds is 5. The fourth-order valence-electron chi connectivity index (χ4n) is 3.32. The second-order valence-electron chi connectivity index (χ2n) is 7.11. The number of hydrogen-bond donors (Lipinski definition) is 2. The lowest BCUT2D eigenvalue weighted by Gasteiger charge is -2.29. The second kappa shape index (κ2) is 10.5. The maximum atomic E-state index is 12.2. The lowest BCUT2D eigenvalue weighted by molar-refractivity contribution is -0.115. The molecule has 0 unspecified atom stereocenters. The topological polar surface area (TPSA) is 66.7 Å². The number of furan rings is 1. The number of nitrogens with one attached hydrogen (secondary N) is 2. The Balaban J connectivity index is 1.31. The van der Waals surface area contributed by atoms with Gasteiger partial charge in [0.15, 0.2) is 5.11 Å². The van der Waals surface area contributed by atoms with Crippen LogP contribution < -0.4 is 15.5 Å².